The Morgan fingerprint density at radius 2 is 1.95 bits per heavy atom. The second-order valence-corrected chi connectivity index (χ2v) is 3.82. The Bertz CT molecular complexity index is 565. The predicted octanol–water partition coefficient (Wildman–Crippen LogP) is 1.90. The number of amides is 1. The fourth-order valence-corrected chi connectivity index (χ4v) is 1.36. The highest BCUT2D eigenvalue weighted by molar-refractivity contribution is 5.91. The maximum Gasteiger partial charge on any atom is 0.412 e. The fourth-order valence-electron chi connectivity index (χ4n) is 1.36. The maximum atomic E-state index is 11.5. The number of nitro groups is 1. The highest BCUT2D eigenvalue weighted by Gasteiger charge is 2.13. The van der Waals surface area contributed by atoms with Gasteiger partial charge in [0.15, 0.2) is 0 Å². The van der Waals surface area contributed by atoms with E-state index in [9.17, 15) is 19.7 Å². The molecule has 1 amide bonds. The van der Waals surface area contributed by atoms with Crippen LogP contribution in [0, 0.1) is 10.1 Å². The van der Waals surface area contributed by atoms with Gasteiger partial charge in [-0.1, -0.05) is 6.08 Å². The summed E-state index contributed by atoms with van der Waals surface area (Å²) in [5, 5.41) is 12.7. The van der Waals surface area contributed by atoms with E-state index < -0.39 is 17.0 Å². The number of hydrogen-bond acceptors (Lipinski definition) is 6. The van der Waals surface area contributed by atoms with Crippen molar-refractivity contribution in [3.05, 3.63) is 51.7 Å². The molecule has 0 aromatic heterocycles. The molecule has 0 saturated heterocycles. The van der Waals surface area contributed by atoms with E-state index in [0.717, 1.165) is 0 Å². The lowest BCUT2D eigenvalue weighted by Gasteiger charge is -2.08. The van der Waals surface area contributed by atoms with Crippen LogP contribution in [0.15, 0.2) is 36.0 Å². The molecule has 1 aromatic rings. The summed E-state index contributed by atoms with van der Waals surface area (Å²) in [6, 6.07) is 5.56. The van der Waals surface area contributed by atoms with Crippen LogP contribution in [0.3, 0.4) is 0 Å². The Hall–Kier alpha value is -2.90. The van der Waals surface area contributed by atoms with Crippen LogP contribution in [-0.4, -0.2) is 24.1 Å². The third-order valence-corrected chi connectivity index (χ3v) is 2.45. The average molecular weight is 294 g/mol. The van der Waals surface area contributed by atoms with E-state index in [-0.39, 0.29) is 18.0 Å². The van der Waals surface area contributed by atoms with Crippen LogP contribution in [0.5, 0.6) is 0 Å². The van der Waals surface area contributed by atoms with Crippen LogP contribution >= 0.6 is 0 Å². The van der Waals surface area contributed by atoms with Crippen LogP contribution in [0.25, 0.3) is 0 Å². The highest BCUT2D eigenvalue weighted by atomic mass is 16.6. The molecule has 1 N–H and O–H groups in total. The van der Waals surface area contributed by atoms with Gasteiger partial charge in [-0.05, 0) is 24.6 Å². The number of hydrogen-bond donors (Lipinski definition) is 1. The number of methoxy groups -OCH3 is 1. The fraction of sp³-hybridized carbons (Fsp3) is 0.231. The van der Waals surface area contributed by atoms with Crippen molar-refractivity contribution in [1.29, 1.82) is 0 Å². The normalized spacial score (nSPS) is 10.7. The summed E-state index contributed by atoms with van der Waals surface area (Å²) in [5.74, 6) is -0.690. The number of carbonyl (C=O) groups is 2. The average Bonchev–Trinajstić information content (AvgIpc) is 2.50. The topological polar surface area (TPSA) is 108 Å². The number of esters is 1. The molecule has 0 spiro atoms. The Morgan fingerprint density at radius 3 is 2.43 bits per heavy atom. The minimum Gasteiger partial charge on any atom is -0.464 e. The summed E-state index contributed by atoms with van der Waals surface area (Å²) >= 11 is 0. The summed E-state index contributed by atoms with van der Waals surface area (Å²) in [4.78, 5) is 32.7. The first-order valence-corrected chi connectivity index (χ1v) is 5.89. The van der Waals surface area contributed by atoms with E-state index in [2.05, 4.69) is 10.1 Å². The van der Waals surface area contributed by atoms with E-state index in [1.165, 1.54) is 37.5 Å². The van der Waals surface area contributed by atoms with Gasteiger partial charge in [-0.2, -0.15) is 0 Å². The zero-order valence-corrected chi connectivity index (χ0v) is 11.5. The van der Waals surface area contributed by atoms with E-state index >= 15 is 0 Å². The van der Waals surface area contributed by atoms with Crippen LogP contribution in [0.4, 0.5) is 10.5 Å². The van der Waals surface area contributed by atoms with Crippen molar-refractivity contribution in [3.8, 4) is 0 Å². The first kappa shape index (κ1) is 16.2. The molecule has 0 fully saturated rings. The summed E-state index contributed by atoms with van der Waals surface area (Å²) < 4.78 is 9.35. The van der Waals surface area contributed by atoms with Gasteiger partial charge in [0.25, 0.3) is 5.69 Å². The van der Waals surface area contributed by atoms with E-state index in [1.54, 1.807) is 6.92 Å². The molecule has 0 aliphatic rings. The molecule has 0 radical (unpaired) electrons. The third-order valence-electron chi connectivity index (χ3n) is 2.45. The Morgan fingerprint density at radius 1 is 1.33 bits per heavy atom. The Balaban J connectivity index is 2.53. The molecule has 8 heteroatoms. The molecule has 8 nitrogen and oxygen atoms in total. The van der Waals surface area contributed by atoms with Crippen molar-refractivity contribution in [2.75, 3.05) is 7.11 Å². The molecule has 0 aliphatic heterocycles. The molecule has 0 unspecified atom stereocenters. The number of nitrogens with zero attached hydrogens (tertiary/aromatic N) is 1. The van der Waals surface area contributed by atoms with Crippen molar-refractivity contribution >= 4 is 17.7 Å². The van der Waals surface area contributed by atoms with Crippen LogP contribution in [-0.2, 0) is 20.9 Å². The number of nitro benzene ring substituents is 1. The largest absolute Gasteiger partial charge is 0.464 e. The van der Waals surface area contributed by atoms with Gasteiger partial charge in [-0.3, -0.25) is 15.4 Å². The number of allylic oxidation sites excluding steroid dienone is 1. The van der Waals surface area contributed by atoms with Gasteiger partial charge in [0, 0.05) is 12.1 Å². The summed E-state index contributed by atoms with van der Waals surface area (Å²) in [7, 11) is 1.19. The summed E-state index contributed by atoms with van der Waals surface area (Å²) in [6.45, 7) is 1.48. The molecule has 0 bridgehead atoms. The first-order valence-electron chi connectivity index (χ1n) is 5.89. The lowest BCUT2D eigenvalue weighted by molar-refractivity contribution is -0.384. The van der Waals surface area contributed by atoms with Crippen molar-refractivity contribution in [3.63, 3.8) is 0 Å². The number of nitrogens with one attached hydrogen (secondary N) is 1. The van der Waals surface area contributed by atoms with Crippen molar-refractivity contribution < 1.29 is 24.0 Å². The highest BCUT2D eigenvalue weighted by Crippen LogP contribution is 2.12. The van der Waals surface area contributed by atoms with Crippen LogP contribution in [0.1, 0.15) is 12.5 Å². The molecule has 0 heterocycles. The Kier molecular flexibility index (Phi) is 5.87. The quantitative estimate of drug-likeness (QED) is 0.384. The number of rotatable bonds is 5. The SMILES string of the molecule is C/C=C(\NC(=O)OCc1ccc([N+](=O)[O-])cc1)C(=O)OC. The second kappa shape index (κ2) is 7.63. The maximum absolute atomic E-state index is 11.5. The van der Waals surface area contributed by atoms with Crippen LogP contribution in [0.2, 0.25) is 0 Å². The first-order chi connectivity index (χ1) is 9.97. The van der Waals surface area contributed by atoms with E-state index in [4.69, 9.17) is 4.74 Å². The summed E-state index contributed by atoms with van der Waals surface area (Å²) in [6.07, 6.45) is 0.547. The molecule has 21 heavy (non-hydrogen) atoms. The minimum absolute atomic E-state index is 0.0359. The Labute approximate surface area is 120 Å². The van der Waals surface area contributed by atoms with Gasteiger partial charge in [-0.25, -0.2) is 9.59 Å². The monoisotopic (exact) mass is 294 g/mol. The number of carbonyl (C=O) groups excluding carboxylic acids is 2. The molecule has 112 valence electrons. The zero-order valence-electron chi connectivity index (χ0n) is 11.5. The smallest absolute Gasteiger partial charge is 0.412 e. The number of alkyl carbamates (subject to hydrolysis) is 1. The zero-order chi connectivity index (χ0) is 15.8. The van der Waals surface area contributed by atoms with E-state index in [0.29, 0.717) is 5.56 Å². The third kappa shape index (κ3) is 4.94. The molecular formula is C13H14N2O6. The number of benzene rings is 1. The molecule has 1 aromatic carbocycles. The lowest BCUT2D eigenvalue weighted by atomic mass is 10.2. The molecule has 1 rings (SSSR count). The molecule has 0 atom stereocenters. The lowest BCUT2D eigenvalue weighted by Crippen LogP contribution is -2.28. The van der Waals surface area contributed by atoms with Crippen molar-refractivity contribution in [1.82, 2.24) is 5.32 Å². The van der Waals surface area contributed by atoms with Gasteiger partial charge in [-0.15, -0.1) is 0 Å². The molecular weight excluding hydrogens is 280 g/mol. The van der Waals surface area contributed by atoms with Gasteiger partial charge < -0.3 is 9.47 Å². The van der Waals surface area contributed by atoms with Crippen molar-refractivity contribution in [2.45, 2.75) is 13.5 Å². The van der Waals surface area contributed by atoms with Gasteiger partial charge in [0.05, 0.1) is 12.0 Å². The standard InChI is InChI=1S/C13H14N2O6/c1-3-11(12(16)20-2)14-13(17)21-8-9-4-6-10(7-5-9)15(18)19/h3-7H,8H2,1-2H3,(H,14,17)/b11-3-. The number of non-ortho nitro benzene ring substituents is 1. The molecule has 0 aliphatic carbocycles. The van der Waals surface area contributed by atoms with E-state index in [1.807, 2.05) is 0 Å². The minimum atomic E-state index is -0.827. The second-order valence-electron chi connectivity index (χ2n) is 3.82. The van der Waals surface area contributed by atoms with Crippen LogP contribution < -0.4 is 5.32 Å². The van der Waals surface area contributed by atoms with Crippen molar-refractivity contribution in [2.24, 2.45) is 0 Å². The number of ether oxygens (including phenoxy) is 2. The van der Waals surface area contributed by atoms with Gasteiger partial charge in [0.2, 0.25) is 0 Å². The van der Waals surface area contributed by atoms with Gasteiger partial charge >= 0.3 is 12.1 Å². The summed E-state index contributed by atoms with van der Waals surface area (Å²) in [5.41, 5.74) is 0.493. The molecule has 0 saturated carbocycles. The van der Waals surface area contributed by atoms with Gasteiger partial charge in [0.1, 0.15) is 12.3 Å². The predicted molar refractivity (Wildman–Crippen MR) is 72.2 cm³/mol.